The lowest BCUT2D eigenvalue weighted by atomic mass is 10.0. The summed E-state index contributed by atoms with van der Waals surface area (Å²) >= 11 is 0. The van der Waals surface area contributed by atoms with Crippen LogP contribution in [0.25, 0.3) is 33.7 Å². The molecule has 1 aliphatic rings. The van der Waals surface area contributed by atoms with Crippen LogP contribution in [0.3, 0.4) is 0 Å². The minimum Gasteiger partial charge on any atom is -0.369 e. The summed E-state index contributed by atoms with van der Waals surface area (Å²) in [6.07, 6.45) is 4.28. The molecule has 3 nitrogen and oxygen atoms in total. The molecule has 0 heterocycles. The van der Waals surface area contributed by atoms with E-state index in [9.17, 15) is 0 Å². The Hall–Kier alpha value is -3.30. The highest BCUT2D eigenvalue weighted by atomic mass is 35.5. The molecular weight excluding hydrogens is 354 g/mol. The summed E-state index contributed by atoms with van der Waals surface area (Å²) in [7, 11) is 0. The summed E-state index contributed by atoms with van der Waals surface area (Å²) in [5.41, 5.74) is 10.5. The standard InChI is InChI=1S/C23H17N3.ClH/c24-23(25-19-12-10-15-4-1-2-5-18(15)14-19)26-21-13-11-17-9-8-16-6-3-7-20(21)22(16)17;/h1-14H,(H3,24,25,26);1H. The molecule has 0 bridgehead atoms. The van der Waals surface area contributed by atoms with Gasteiger partial charge in [-0.05, 0) is 45.5 Å². The zero-order valence-electron chi connectivity index (χ0n) is 14.5. The fourth-order valence-corrected chi connectivity index (χ4v) is 3.58. The van der Waals surface area contributed by atoms with Gasteiger partial charge < -0.3 is 11.1 Å². The number of nitrogens with one attached hydrogen (secondary N) is 1. The first-order valence-corrected chi connectivity index (χ1v) is 8.62. The Morgan fingerprint density at radius 3 is 2.41 bits per heavy atom. The minimum atomic E-state index is 0. The first-order chi connectivity index (χ1) is 12.8. The topological polar surface area (TPSA) is 50.4 Å². The third-order valence-electron chi connectivity index (χ3n) is 4.79. The van der Waals surface area contributed by atoms with E-state index >= 15 is 0 Å². The number of fused-ring (bicyclic) bond motifs is 1. The number of anilines is 1. The average Bonchev–Trinajstić information content (AvgIpc) is 3.09. The molecule has 4 heteroatoms. The maximum atomic E-state index is 6.19. The Morgan fingerprint density at radius 1 is 0.778 bits per heavy atom. The maximum Gasteiger partial charge on any atom is 0.198 e. The molecule has 0 saturated carbocycles. The van der Waals surface area contributed by atoms with Crippen molar-refractivity contribution in [3.05, 3.63) is 83.9 Å². The molecule has 0 radical (unpaired) electrons. The van der Waals surface area contributed by atoms with Gasteiger partial charge in [0.15, 0.2) is 5.96 Å². The third kappa shape index (κ3) is 3.03. The van der Waals surface area contributed by atoms with Crippen molar-refractivity contribution >= 4 is 63.4 Å². The molecule has 5 rings (SSSR count). The van der Waals surface area contributed by atoms with Crippen LogP contribution in [0, 0.1) is 0 Å². The molecule has 0 fully saturated rings. The van der Waals surface area contributed by atoms with Crippen LogP contribution in [-0.2, 0) is 0 Å². The van der Waals surface area contributed by atoms with Gasteiger partial charge in [0.25, 0.3) is 0 Å². The van der Waals surface area contributed by atoms with Crippen molar-refractivity contribution in [2.24, 2.45) is 10.7 Å². The molecule has 0 amide bonds. The van der Waals surface area contributed by atoms with Crippen molar-refractivity contribution in [3.8, 4) is 0 Å². The summed E-state index contributed by atoms with van der Waals surface area (Å²) in [4.78, 5) is 4.63. The van der Waals surface area contributed by atoms with Gasteiger partial charge in [-0.1, -0.05) is 66.7 Å². The van der Waals surface area contributed by atoms with E-state index in [0.29, 0.717) is 5.96 Å². The van der Waals surface area contributed by atoms with Crippen molar-refractivity contribution in [2.75, 3.05) is 5.32 Å². The van der Waals surface area contributed by atoms with Gasteiger partial charge in [0, 0.05) is 11.1 Å². The quantitative estimate of drug-likeness (QED) is 0.297. The predicted octanol–water partition coefficient (Wildman–Crippen LogP) is 5.96. The van der Waals surface area contributed by atoms with Crippen LogP contribution in [0.1, 0.15) is 11.1 Å². The number of hydrogen-bond acceptors (Lipinski definition) is 1. The number of rotatable bonds is 2. The van der Waals surface area contributed by atoms with Gasteiger partial charge in [-0.15, -0.1) is 12.4 Å². The molecule has 3 N–H and O–H groups in total. The second-order valence-electron chi connectivity index (χ2n) is 6.46. The number of hydrogen-bond donors (Lipinski definition) is 2. The van der Waals surface area contributed by atoms with E-state index in [-0.39, 0.29) is 12.4 Å². The lowest BCUT2D eigenvalue weighted by Crippen LogP contribution is -2.21. The van der Waals surface area contributed by atoms with E-state index in [2.05, 4.69) is 71.0 Å². The monoisotopic (exact) mass is 371 g/mol. The van der Waals surface area contributed by atoms with E-state index in [4.69, 9.17) is 5.73 Å². The molecule has 1 aliphatic carbocycles. The Kier molecular flexibility index (Phi) is 4.30. The van der Waals surface area contributed by atoms with Crippen molar-refractivity contribution in [1.29, 1.82) is 0 Å². The molecule has 0 aromatic heterocycles. The largest absolute Gasteiger partial charge is 0.369 e. The van der Waals surface area contributed by atoms with E-state index in [1.54, 1.807) is 0 Å². The zero-order valence-corrected chi connectivity index (χ0v) is 15.3. The van der Waals surface area contributed by atoms with Gasteiger partial charge in [-0.3, -0.25) is 0 Å². The van der Waals surface area contributed by atoms with E-state index < -0.39 is 0 Å². The van der Waals surface area contributed by atoms with Crippen LogP contribution < -0.4 is 11.1 Å². The van der Waals surface area contributed by atoms with Crippen LogP contribution in [-0.4, -0.2) is 5.96 Å². The Labute approximate surface area is 163 Å². The zero-order chi connectivity index (χ0) is 17.5. The van der Waals surface area contributed by atoms with Crippen molar-refractivity contribution in [3.63, 3.8) is 0 Å². The summed E-state index contributed by atoms with van der Waals surface area (Å²) in [5, 5.41) is 7.94. The van der Waals surface area contributed by atoms with E-state index in [1.807, 2.05) is 24.3 Å². The Bertz CT molecular complexity index is 1210. The van der Waals surface area contributed by atoms with Crippen LogP contribution in [0.4, 0.5) is 11.4 Å². The van der Waals surface area contributed by atoms with E-state index in [0.717, 1.165) is 16.8 Å². The lowest BCUT2D eigenvalue weighted by molar-refractivity contribution is 1.46. The highest BCUT2D eigenvalue weighted by molar-refractivity contribution is 6.10. The summed E-state index contributed by atoms with van der Waals surface area (Å²) in [5.74, 6) is 0.381. The fourth-order valence-electron chi connectivity index (χ4n) is 3.58. The predicted molar refractivity (Wildman–Crippen MR) is 119 cm³/mol. The number of benzene rings is 4. The molecule has 0 saturated heterocycles. The van der Waals surface area contributed by atoms with Crippen LogP contribution in [0.15, 0.2) is 77.8 Å². The Morgan fingerprint density at radius 2 is 1.56 bits per heavy atom. The first kappa shape index (κ1) is 17.1. The molecule has 4 aromatic carbocycles. The second kappa shape index (κ2) is 6.78. The molecule has 0 aliphatic heterocycles. The molecule has 4 aromatic rings. The third-order valence-corrected chi connectivity index (χ3v) is 4.79. The number of aliphatic imine (C=N–C) groups is 1. The average molecular weight is 372 g/mol. The SMILES string of the molecule is Cl.NC(=Nc1ccc2c3c(cccc13)C=C2)Nc1ccc2ccccc2c1. The highest BCUT2D eigenvalue weighted by Gasteiger charge is 2.11. The number of nitrogens with zero attached hydrogens (tertiary/aromatic N) is 1. The van der Waals surface area contributed by atoms with Gasteiger partial charge in [0.2, 0.25) is 0 Å². The van der Waals surface area contributed by atoms with Crippen LogP contribution >= 0.6 is 12.4 Å². The summed E-state index contributed by atoms with van der Waals surface area (Å²) < 4.78 is 0. The maximum absolute atomic E-state index is 6.19. The summed E-state index contributed by atoms with van der Waals surface area (Å²) in [6.45, 7) is 0. The lowest BCUT2D eigenvalue weighted by Gasteiger charge is -2.09. The second-order valence-corrected chi connectivity index (χ2v) is 6.46. The first-order valence-electron chi connectivity index (χ1n) is 8.62. The normalized spacial score (nSPS) is 12.4. The number of halogens is 1. The number of guanidine groups is 1. The van der Waals surface area contributed by atoms with E-state index in [1.165, 1.54) is 27.3 Å². The number of nitrogens with two attached hydrogens (primary N) is 1. The van der Waals surface area contributed by atoms with Crippen molar-refractivity contribution in [2.45, 2.75) is 0 Å². The molecular formula is C23H18ClN3. The minimum absolute atomic E-state index is 0. The molecule has 0 spiro atoms. The van der Waals surface area contributed by atoms with Gasteiger partial charge in [0.1, 0.15) is 0 Å². The van der Waals surface area contributed by atoms with Crippen molar-refractivity contribution < 1.29 is 0 Å². The smallest absolute Gasteiger partial charge is 0.198 e. The molecule has 27 heavy (non-hydrogen) atoms. The molecule has 132 valence electrons. The molecule has 0 unspecified atom stereocenters. The van der Waals surface area contributed by atoms with Gasteiger partial charge >= 0.3 is 0 Å². The van der Waals surface area contributed by atoms with Crippen LogP contribution in [0.5, 0.6) is 0 Å². The van der Waals surface area contributed by atoms with Crippen LogP contribution in [0.2, 0.25) is 0 Å². The van der Waals surface area contributed by atoms with Gasteiger partial charge in [-0.2, -0.15) is 0 Å². The fraction of sp³-hybridized carbons (Fsp3) is 0. The van der Waals surface area contributed by atoms with Crippen molar-refractivity contribution in [1.82, 2.24) is 0 Å². The highest BCUT2D eigenvalue weighted by Crippen LogP contribution is 2.36. The van der Waals surface area contributed by atoms with Gasteiger partial charge in [0.05, 0.1) is 5.69 Å². The Balaban J connectivity index is 0.00000180. The summed E-state index contributed by atoms with van der Waals surface area (Å²) in [6, 6.07) is 24.8. The van der Waals surface area contributed by atoms with Gasteiger partial charge in [-0.25, -0.2) is 4.99 Å². The molecule has 0 atom stereocenters.